The van der Waals surface area contributed by atoms with E-state index in [9.17, 15) is 8.42 Å². The second-order valence-corrected chi connectivity index (χ2v) is 8.07. The van der Waals surface area contributed by atoms with E-state index in [-0.39, 0.29) is 9.92 Å². The van der Waals surface area contributed by atoms with Gasteiger partial charge in [-0.3, -0.25) is 0 Å². The summed E-state index contributed by atoms with van der Waals surface area (Å²) in [5.41, 5.74) is 0. The minimum absolute atomic E-state index is 0.201. The molecule has 1 aromatic rings. The molecule has 0 N–H and O–H groups in total. The maximum atomic E-state index is 12.5. The normalized spacial score (nSPS) is 26.2. The first-order valence-electron chi connectivity index (χ1n) is 5.81. The Morgan fingerprint density at radius 3 is 2.67 bits per heavy atom. The molecule has 0 amide bonds. The largest absolute Gasteiger partial charge is 0.244 e. The minimum atomic E-state index is -3.47. The molecule has 2 unspecified atom stereocenters. The van der Waals surface area contributed by atoms with Crippen LogP contribution in [0.5, 0.6) is 0 Å². The summed E-state index contributed by atoms with van der Waals surface area (Å²) < 4.78 is 26.5. The molecule has 0 bridgehead atoms. The van der Waals surface area contributed by atoms with Gasteiger partial charge in [0.05, 0.1) is 5.02 Å². The van der Waals surface area contributed by atoms with E-state index in [1.807, 2.05) is 6.92 Å². The summed E-state index contributed by atoms with van der Waals surface area (Å²) in [4.78, 5) is 0.585. The molecule has 100 valence electrons. The van der Waals surface area contributed by atoms with E-state index in [4.69, 9.17) is 11.6 Å². The average Bonchev–Trinajstić information content (AvgIpc) is 2.33. The van der Waals surface area contributed by atoms with Gasteiger partial charge < -0.3 is 0 Å². The fraction of sp³-hybridized carbons (Fsp3) is 0.500. The zero-order valence-corrected chi connectivity index (χ0v) is 13.2. The van der Waals surface area contributed by atoms with Crippen LogP contribution in [-0.2, 0) is 10.0 Å². The first-order valence-corrected chi connectivity index (χ1v) is 8.55. The molecule has 1 saturated heterocycles. The van der Waals surface area contributed by atoms with Gasteiger partial charge in [-0.05, 0) is 24.5 Å². The van der Waals surface area contributed by atoms with Gasteiger partial charge in [0.2, 0.25) is 10.0 Å². The molecule has 2 atom stereocenters. The Morgan fingerprint density at radius 1 is 1.39 bits per heavy atom. The molecule has 0 saturated carbocycles. The molecule has 3 nitrogen and oxygen atoms in total. The number of alkyl halides is 1. The van der Waals surface area contributed by atoms with E-state index in [0.29, 0.717) is 23.8 Å². The Bertz CT molecular complexity index is 535. The van der Waals surface area contributed by atoms with Crippen molar-refractivity contribution in [1.82, 2.24) is 4.31 Å². The van der Waals surface area contributed by atoms with Gasteiger partial charge in [-0.25, -0.2) is 8.42 Å². The average molecular weight is 353 g/mol. The molecule has 0 aliphatic carbocycles. The lowest BCUT2D eigenvalue weighted by atomic mass is 10.0. The van der Waals surface area contributed by atoms with Gasteiger partial charge >= 0.3 is 0 Å². The number of hydrogen-bond donors (Lipinski definition) is 0. The van der Waals surface area contributed by atoms with Crippen molar-refractivity contribution in [3.8, 4) is 0 Å². The lowest BCUT2D eigenvalue weighted by Gasteiger charge is -2.33. The van der Waals surface area contributed by atoms with Crippen LogP contribution in [0, 0.1) is 5.92 Å². The SMILES string of the molecule is CC1CN(S(=O)(=O)c2ccccc2Cl)CCC1Br. The molecule has 6 heteroatoms. The molecule has 1 heterocycles. The molecular formula is C12H15BrClNO2S. The first kappa shape index (κ1) is 14.3. The van der Waals surface area contributed by atoms with Crippen LogP contribution in [-0.4, -0.2) is 30.6 Å². The topological polar surface area (TPSA) is 37.4 Å². The highest BCUT2D eigenvalue weighted by Gasteiger charge is 2.33. The van der Waals surface area contributed by atoms with Gasteiger partial charge in [-0.15, -0.1) is 0 Å². The van der Waals surface area contributed by atoms with Crippen molar-refractivity contribution in [1.29, 1.82) is 0 Å². The van der Waals surface area contributed by atoms with Crippen LogP contribution < -0.4 is 0 Å². The van der Waals surface area contributed by atoms with E-state index in [1.54, 1.807) is 24.3 Å². The molecule has 2 rings (SSSR count). The highest BCUT2D eigenvalue weighted by Crippen LogP contribution is 2.30. The molecule has 0 radical (unpaired) electrons. The van der Waals surface area contributed by atoms with E-state index in [1.165, 1.54) is 4.31 Å². The fourth-order valence-corrected chi connectivity index (χ4v) is 4.51. The van der Waals surface area contributed by atoms with Gasteiger partial charge in [0, 0.05) is 17.9 Å². The lowest BCUT2D eigenvalue weighted by Crippen LogP contribution is -2.43. The number of benzene rings is 1. The van der Waals surface area contributed by atoms with E-state index >= 15 is 0 Å². The Morgan fingerprint density at radius 2 is 2.06 bits per heavy atom. The van der Waals surface area contributed by atoms with Crippen LogP contribution >= 0.6 is 27.5 Å². The predicted octanol–water partition coefficient (Wildman–Crippen LogP) is 3.13. The van der Waals surface area contributed by atoms with Gasteiger partial charge in [0.25, 0.3) is 0 Å². The molecule has 1 aliphatic rings. The number of nitrogens with zero attached hydrogens (tertiary/aromatic N) is 1. The molecule has 0 spiro atoms. The van der Waals surface area contributed by atoms with Gasteiger partial charge in [-0.2, -0.15) is 4.31 Å². The van der Waals surface area contributed by atoms with Crippen molar-refractivity contribution in [2.24, 2.45) is 5.92 Å². The summed E-state index contributed by atoms with van der Waals surface area (Å²) in [6.45, 7) is 3.12. The maximum absolute atomic E-state index is 12.5. The Kier molecular flexibility index (Phi) is 4.36. The van der Waals surface area contributed by atoms with E-state index < -0.39 is 10.0 Å². The summed E-state index contributed by atoms with van der Waals surface area (Å²) in [7, 11) is -3.47. The van der Waals surface area contributed by atoms with Crippen LogP contribution in [0.4, 0.5) is 0 Å². The smallest absolute Gasteiger partial charge is 0.207 e. The van der Waals surface area contributed by atoms with Crippen molar-refractivity contribution in [2.75, 3.05) is 13.1 Å². The summed E-state index contributed by atoms with van der Waals surface area (Å²) in [5.74, 6) is 0.302. The monoisotopic (exact) mass is 351 g/mol. The fourth-order valence-electron chi connectivity index (χ4n) is 2.09. The summed E-state index contributed by atoms with van der Waals surface area (Å²) in [5, 5.41) is 0.283. The van der Waals surface area contributed by atoms with E-state index in [0.717, 1.165) is 6.42 Å². The number of rotatable bonds is 2. The number of halogens is 2. The van der Waals surface area contributed by atoms with E-state index in [2.05, 4.69) is 15.9 Å². The van der Waals surface area contributed by atoms with Crippen molar-refractivity contribution in [3.05, 3.63) is 29.3 Å². The van der Waals surface area contributed by atoms with Crippen LogP contribution in [0.15, 0.2) is 29.2 Å². The Hall–Kier alpha value is -0.100. The summed E-state index contributed by atoms with van der Waals surface area (Å²) >= 11 is 9.55. The van der Waals surface area contributed by atoms with Crippen LogP contribution in [0.1, 0.15) is 13.3 Å². The second-order valence-electron chi connectivity index (χ2n) is 4.58. The Labute approximate surface area is 121 Å². The van der Waals surface area contributed by atoms with Crippen LogP contribution in [0.2, 0.25) is 5.02 Å². The molecule has 1 aliphatic heterocycles. The molecule has 1 aromatic carbocycles. The zero-order chi connectivity index (χ0) is 13.3. The highest BCUT2D eigenvalue weighted by molar-refractivity contribution is 9.09. The van der Waals surface area contributed by atoms with Gasteiger partial charge in [0.15, 0.2) is 0 Å². The van der Waals surface area contributed by atoms with Crippen LogP contribution in [0.25, 0.3) is 0 Å². The second kappa shape index (κ2) is 5.49. The Balaban J connectivity index is 2.30. The number of sulfonamides is 1. The minimum Gasteiger partial charge on any atom is -0.207 e. The quantitative estimate of drug-likeness (QED) is 0.767. The third-order valence-corrected chi connectivity index (χ3v) is 6.94. The van der Waals surface area contributed by atoms with Crippen molar-refractivity contribution in [2.45, 2.75) is 23.1 Å². The molecule has 1 fully saturated rings. The molecular weight excluding hydrogens is 338 g/mol. The number of piperidine rings is 1. The molecule has 0 aromatic heterocycles. The van der Waals surface area contributed by atoms with Gasteiger partial charge in [-0.1, -0.05) is 46.6 Å². The predicted molar refractivity (Wildman–Crippen MR) is 76.7 cm³/mol. The van der Waals surface area contributed by atoms with Gasteiger partial charge in [0.1, 0.15) is 4.90 Å². The third-order valence-electron chi connectivity index (χ3n) is 3.22. The highest BCUT2D eigenvalue weighted by atomic mass is 79.9. The summed E-state index contributed by atoms with van der Waals surface area (Å²) in [6.07, 6.45) is 0.824. The number of hydrogen-bond acceptors (Lipinski definition) is 2. The maximum Gasteiger partial charge on any atom is 0.244 e. The zero-order valence-electron chi connectivity index (χ0n) is 10.0. The first-order chi connectivity index (χ1) is 8.43. The standard InChI is InChI=1S/C12H15BrClNO2S/c1-9-8-15(7-6-10(9)13)18(16,17)12-5-3-2-4-11(12)14/h2-5,9-10H,6-8H2,1H3. The van der Waals surface area contributed by atoms with Crippen LogP contribution in [0.3, 0.4) is 0 Å². The third kappa shape index (κ3) is 2.74. The van der Waals surface area contributed by atoms with Crippen molar-refractivity contribution in [3.63, 3.8) is 0 Å². The lowest BCUT2D eigenvalue weighted by molar-refractivity contribution is 0.292. The molecule has 18 heavy (non-hydrogen) atoms. The van der Waals surface area contributed by atoms with Crippen molar-refractivity contribution >= 4 is 37.6 Å². The summed E-state index contributed by atoms with van der Waals surface area (Å²) in [6, 6.07) is 6.59. The van der Waals surface area contributed by atoms with Crippen molar-refractivity contribution < 1.29 is 8.42 Å².